The molecule has 3 heterocycles. The Morgan fingerprint density at radius 2 is 1.42 bits per heavy atom. The van der Waals surface area contributed by atoms with E-state index >= 15 is 0 Å². The summed E-state index contributed by atoms with van der Waals surface area (Å²) in [6, 6.07) is 16.8. The van der Waals surface area contributed by atoms with Crippen molar-refractivity contribution in [1.82, 2.24) is 14.9 Å². The van der Waals surface area contributed by atoms with Gasteiger partial charge in [-0.15, -0.1) is 0 Å². The Hall–Kier alpha value is -2.25. The summed E-state index contributed by atoms with van der Waals surface area (Å²) in [4.78, 5) is 21.9. The zero-order valence-electron chi connectivity index (χ0n) is 18.9. The van der Waals surface area contributed by atoms with Crippen LogP contribution in [0, 0.1) is 0 Å². The first-order chi connectivity index (χ1) is 15.7. The first-order valence-electron chi connectivity index (χ1n) is 11.2. The van der Waals surface area contributed by atoms with Crippen LogP contribution in [0.2, 0.25) is 0 Å². The van der Waals surface area contributed by atoms with Gasteiger partial charge in [0.05, 0.1) is 9.21 Å². The minimum absolute atomic E-state index is 0.0901. The summed E-state index contributed by atoms with van der Waals surface area (Å²) in [7, 11) is 0. The van der Waals surface area contributed by atoms with Gasteiger partial charge in [0.1, 0.15) is 5.60 Å². The molecule has 0 saturated carbocycles. The van der Waals surface area contributed by atoms with Gasteiger partial charge in [-0.2, -0.15) is 0 Å². The number of aromatic amines is 2. The average Bonchev–Trinajstić information content (AvgIpc) is 3.27. The number of carbonyl (C=O) groups is 1. The summed E-state index contributed by atoms with van der Waals surface area (Å²) in [5.41, 5.74) is 4.17. The zero-order valence-corrected chi connectivity index (χ0v) is 22.1. The fraction of sp³-hybridized carbons (Fsp3) is 0.346. The summed E-state index contributed by atoms with van der Waals surface area (Å²) >= 11 is 7.61. The maximum absolute atomic E-state index is 13.0. The standard InChI is InChI=1S/C26H27Br2N3O2/c1-26(2,3)33-25(32)31-13-12-15(21-16-8-4-6-10-19(16)29-23(21)27)18(14-31)22-17-9-5-7-11-20(17)30-24(22)28/h4-11,15,18,29-30H,12-14H2,1-3H3. The average molecular weight is 573 g/mol. The summed E-state index contributed by atoms with van der Waals surface area (Å²) < 4.78 is 7.72. The molecule has 2 atom stereocenters. The number of hydrogen-bond donors (Lipinski definition) is 2. The van der Waals surface area contributed by atoms with E-state index in [0.717, 1.165) is 26.7 Å². The van der Waals surface area contributed by atoms with Crippen LogP contribution in [-0.2, 0) is 4.74 Å². The van der Waals surface area contributed by atoms with Crippen LogP contribution in [0.4, 0.5) is 4.79 Å². The predicted octanol–water partition coefficient (Wildman–Crippen LogP) is 7.68. The van der Waals surface area contributed by atoms with Gasteiger partial charge in [-0.25, -0.2) is 4.79 Å². The number of fused-ring (bicyclic) bond motifs is 2. The number of H-pyrrole nitrogens is 2. The van der Waals surface area contributed by atoms with Gasteiger partial charge in [0, 0.05) is 40.8 Å². The number of ether oxygens (including phenoxy) is 1. The first kappa shape index (κ1) is 22.5. The van der Waals surface area contributed by atoms with E-state index in [4.69, 9.17) is 4.74 Å². The van der Waals surface area contributed by atoms with E-state index in [1.165, 1.54) is 21.9 Å². The molecule has 2 unspecified atom stereocenters. The van der Waals surface area contributed by atoms with E-state index in [-0.39, 0.29) is 17.9 Å². The maximum atomic E-state index is 13.0. The van der Waals surface area contributed by atoms with Crippen molar-refractivity contribution in [1.29, 1.82) is 0 Å². The molecule has 2 aromatic heterocycles. The van der Waals surface area contributed by atoms with Crippen LogP contribution >= 0.6 is 31.9 Å². The highest BCUT2D eigenvalue weighted by Gasteiger charge is 2.39. The molecule has 1 aliphatic heterocycles. The third-order valence-corrected chi connectivity index (χ3v) is 7.65. The lowest BCUT2D eigenvalue weighted by molar-refractivity contribution is 0.0184. The Kier molecular flexibility index (Phi) is 5.81. The fourth-order valence-electron chi connectivity index (χ4n) is 5.07. The van der Waals surface area contributed by atoms with Crippen LogP contribution in [0.1, 0.15) is 50.2 Å². The lowest BCUT2D eigenvalue weighted by Gasteiger charge is -2.39. The SMILES string of the molecule is CC(C)(C)OC(=O)N1CCC(c2c(Br)[nH]c3ccccc23)C(c2c(Br)[nH]c3ccccc23)C1. The molecule has 4 aromatic rings. The molecular weight excluding hydrogens is 546 g/mol. The second kappa shape index (κ2) is 8.51. The highest BCUT2D eigenvalue weighted by Crippen LogP contribution is 2.48. The molecule has 1 amide bonds. The van der Waals surface area contributed by atoms with Crippen molar-refractivity contribution >= 4 is 59.8 Å². The second-order valence-electron chi connectivity index (χ2n) is 9.72. The second-order valence-corrected chi connectivity index (χ2v) is 11.3. The van der Waals surface area contributed by atoms with E-state index in [2.05, 4.69) is 78.2 Å². The predicted molar refractivity (Wildman–Crippen MR) is 140 cm³/mol. The number of amides is 1. The zero-order chi connectivity index (χ0) is 23.3. The lowest BCUT2D eigenvalue weighted by Crippen LogP contribution is -2.44. The van der Waals surface area contributed by atoms with E-state index < -0.39 is 5.60 Å². The van der Waals surface area contributed by atoms with Crippen LogP contribution in [0.3, 0.4) is 0 Å². The van der Waals surface area contributed by atoms with Crippen LogP contribution < -0.4 is 0 Å². The van der Waals surface area contributed by atoms with Crippen molar-refractivity contribution < 1.29 is 9.53 Å². The molecule has 1 aliphatic rings. The molecule has 0 bridgehead atoms. The van der Waals surface area contributed by atoms with Crippen molar-refractivity contribution in [2.75, 3.05) is 13.1 Å². The first-order valence-corrected chi connectivity index (χ1v) is 12.8. The number of hydrogen-bond acceptors (Lipinski definition) is 2. The highest BCUT2D eigenvalue weighted by atomic mass is 79.9. The van der Waals surface area contributed by atoms with E-state index in [0.29, 0.717) is 13.1 Å². The van der Waals surface area contributed by atoms with Crippen LogP contribution in [0.15, 0.2) is 57.7 Å². The third kappa shape index (κ3) is 4.21. The summed E-state index contributed by atoms with van der Waals surface area (Å²) in [5.74, 6) is 0.317. The van der Waals surface area contributed by atoms with Crippen molar-refractivity contribution in [2.45, 2.75) is 44.6 Å². The number of nitrogens with one attached hydrogen (secondary N) is 2. The summed E-state index contributed by atoms with van der Waals surface area (Å²) in [5, 5.41) is 2.41. The molecule has 2 aromatic carbocycles. The van der Waals surface area contributed by atoms with Gasteiger partial charge in [0.2, 0.25) is 0 Å². The van der Waals surface area contributed by atoms with Crippen molar-refractivity contribution in [3.05, 3.63) is 68.9 Å². The molecule has 0 aliphatic carbocycles. The van der Waals surface area contributed by atoms with Crippen LogP contribution in [-0.4, -0.2) is 39.7 Å². The number of rotatable bonds is 2. The Bertz CT molecular complexity index is 1330. The van der Waals surface area contributed by atoms with E-state index in [1.54, 1.807) is 0 Å². The van der Waals surface area contributed by atoms with Gasteiger partial charge in [0.25, 0.3) is 0 Å². The van der Waals surface area contributed by atoms with Crippen molar-refractivity contribution in [3.63, 3.8) is 0 Å². The lowest BCUT2D eigenvalue weighted by atomic mass is 9.76. The number of benzene rings is 2. The van der Waals surface area contributed by atoms with Crippen LogP contribution in [0.5, 0.6) is 0 Å². The monoisotopic (exact) mass is 571 g/mol. The fourth-order valence-corrected chi connectivity index (χ4v) is 6.51. The highest BCUT2D eigenvalue weighted by molar-refractivity contribution is 9.10. The number of para-hydroxylation sites is 2. The molecule has 5 nitrogen and oxygen atoms in total. The van der Waals surface area contributed by atoms with Crippen molar-refractivity contribution in [2.24, 2.45) is 0 Å². The number of likely N-dealkylation sites (tertiary alicyclic amines) is 1. The minimum Gasteiger partial charge on any atom is -0.444 e. The largest absolute Gasteiger partial charge is 0.444 e. The molecule has 5 rings (SSSR count). The van der Waals surface area contributed by atoms with Gasteiger partial charge in [-0.1, -0.05) is 36.4 Å². The molecule has 7 heteroatoms. The Morgan fingerprint density at radius 3 is 1.97 bits per heavy atom. The molecule has 0 radical (unpaired) electrons. The van der Waals surface area contributed by atoms with E-state index in [9.17, 15) is 4.79 Å². The molecule has 1 saturated heterocycles. The van der Waals surface area contributed by atoms with Gasteiger partial charge in [-0.3, -0.25) is 0 Å². The number of carbonyl (C=O) groups excluding carboxylic acids is 1. The molecule has 33 heavy (non-hydrogen) atoms. The Morgan fingerprint density at radius 1 is 0.909 bits per heavy atom. The normalized spacial score (nSPS) is 19.4. The molecule has 172 valence electrons. The van der Waals surface area contributed by atoms with Gasteiger partial charge >= 0.3 is 6.09 Å². The van der Waals surface area contributed by atoms with Gasteiger partial charge in [0.15, 0.2) is 0 Å². The number of nitrogens with zero attached hydrogens (tertiary/aromatic N) is 1. The minimum atomic E-state index is -0.523. The van der Waals surface area contributed by atoms with Crippen LogP contribution in [0.25, 0.3) is 21.8 Å². The summed E-state index contributed by atoms with van der Waals surface area (Å²) in [6.07, 6.45) is 0.593. The maximum Gasteiger partial charge on any atom is 0.410 e. The molecule has 0 spiro atoms. The number of piperidine rings is 1. The van der Waals surface area contributed by atoms with Gasteiger partial charge < -0.3 is 19.6 Å². The van der Waals surface area contributed by atoms with E-state index in [1.807, 2.05) is 37.8 Å². The Balaban J connectivity index is 1.62. The topological polar surface area (TPSA) is 61.1 Å². The molecule has 2 N–H and O–H groups in total. The van der Waals surface area contributed by atoms with Crippen molar-refractivity contribution in [3.8, 4) is 0 Å². The number of halogens is 2. The third-order valence-electron chi connectivity index (χ3n) is 6.40. The number of aromatic nitrogens is 2. The molecular formula is C26H27Br2N3O2. The summed E-state index contributed by atoms with van der Waals surface area (Å²) in [6.45, 7) is 6.98. The molecule has 1 fully saturated rings. The van der Waals surface area contributed by atoms with Gasteiger partial charge in [-0.05, 0) is 88.2 Å². The quantitative estimate of drug-likeness (QED) is 0.259. The Labute approximate surface area is 210 Å². The smallest absolute Gasteiger partial charge is 0.410 e.